The fraction of sp³-hybridized carbons (Fsp3) is 0.0476. The predicted molar refractivity (Wildman–Crippen MR) is 110 cm³/mol. The lowest BCUT2D eigenvalue weighted by Gasteiger charge is -2.25. The molecule has 9 heteroatoms. The number of rotatable bonds is 5. The quantitative estimate of drug-likeness (QED) is 0.514. The highest BCUT2D eigenvalue weighted by molar-refractivity contribution is 7.92. The van der Waals surface area contributed by atoms with Crippen LogP contribution in [0.25, 0.3) is 11.0 Å². The van der Waals surface area contributed by atoms with Gasteiger partial charge in [-0.3, -0.25) is 4.31 Å². The van der Waals surface area contributed by atoms with Crippen LogP contribution in [-0.4, -0.2) is 18.4 Å². The van der Waals surface area contributed by atoms with Gasteiger partial charge in [-0.25, -0.2) is 17.6 Å². The van der Waals surface area contributed by atoms with E-state index in [-0.39, 0.29) is 17.0 Å². The van der Waals surface area contributed by atoms with E-state index in [0.717, 1.165) is 4.31 Å². The normalized spacial score (nSPS) is 11.3. The molecule has 0 fully saturated rings. The van der Waals surface area contributed by atoms with E-state index in [1.54, 1.807) is 18.2 Å². The van der Waals surface area contributed by atoms with Crippen LogP contribution in [0.4, 0.5) is 10.1 Å². The molecule has 0 saturated carbocycles. The molecule has 150 valence electrons. The van der Waals surface area contributed by atoms with Gasteiger partial charge in [-0.2, -0.15) is 5.26 Å². The van der Waals surface area contributed by atoms with Crippen molar-refractivity contribution in [2.24, 2.45) is 0 Å². The highest BCUT2D eigenvalue weighted by Crippen LogP contribution is 2.28. The number of nitrogens with zero attached hydrogens (tertiary/aromatic N) is 2. The van der Waals surface area contributed by atoms with E-state index in [9.17, 15) is 17.6 Å². The molecule has 0 aliphatic carbocycles. The molecular weight excluding hydrogens is 407 g/mol. The van der Waals surface area contributed by atoms with Crippen molar-refractivity contribution in [3.63, 3.8) is 0 Å². The lowest BCUT2D eigenvalue weighted by molar-refractivity contribution is 0.590. The smallest absolute Gasteiger partial charge is 0.306 e. The molecule has 4 rings (SSSR count). The minimum atomic E-state index is -4.07. The Morgan fingerprint density at radius 1 is 0.967 bits per heavy atom. The van der Waals surface area contributed by atoms with E-state index in [1.807, 2.05) is 6.07 Å². The second-order valence-corrected chi connectivity index (χ2v) is 8.45. The second kappa shape index (κ2) is 7.50. The largest absolute Gasteiger partial charge is 0.323 e. The monoisotopic (exact) mass is 422 g/mol. The SMILES string of the molecule is N#Cc1cccc(S(=O)(=O)N(Cc2ccc(F)cc2)c2ccc3[nH]c(=O)[nH]c3c2)c1. The van der Waals surface area contributed by atoms with Crippen molar-refractivity contribution in [2.75, 3.05) is 4.31 Å². The maximum atomic E-state index is 13.5. The Morgan fingerprint density at radius 2 is 1.70 bits per heavy atom. The van der Waals surface area contributed by atoms with Gasteiger partial charge in [-0.15, -0.1) is 0 Å². The van der Waals surface area contributed by atoms with Crippen molar-refractivity contribution in [1.29, 1.82) is 5.26 Å². The number of hydrogen-bond acceptors (Lipinski definition) is 4. The summed E-state index contributed by atoms with van der Waals surface area (Å²) in [7, 11) is -4.07. The number of nitrogens with one attached hydrogen (secondary N) is 2. The van der Waals surface area contributed by atoms with Gasteiger partial charge in [0.05, 0.1) is 39.8 Å². The van der Waals surface area contributed by atoms with Gasteiger partial charge in [0.2, 0.25) is 0 Å². The molecular formula is C21H15FN4O3S. The van der Waals surface area contributed by atoms with Crippen LogP contribution in [0.1, 0.15) is 11.1 Å². The van der Waals surface area contributed by atoms with Gasteiger partial charge in [-0.1, -0.05) is 18.2 Å². The summed E-state index contributed by atoms with van der Waals surface area (Å²) in [6.07, 6.45) is 0. The Kier molecular flexibility index (Phi) is 4.85. The summed E-state index contributed by atoms with van der Waals surface area (Å²) in [5, 5.41) is 9.13. The fourth-order valence-electron chi connectivity index (χ4n) is 3.10. The summed E-state index contributed by atoms with van der Waals surface area (Å²) in [6.45, 7) is -0.0699. The number of nitriles is 1. The van der Waals surface area contributed by atoms with Crippen LogP contribution < -0.4 is 9.99 Å². The number of sulfonamides is 1. The molecule has 1 aromatic heterocycles. The summed E-state index contributed by atoms with van der Waals surface area (Å²) in [5.74, 6) is -0.429. The highest BCUT2D eigenvalue weighted by atomic mass is 32.2. The summed E-state index contributed by atoms with van der Waals surface area (Å²) < 4.78 is 41.4. The Morgan fingerprint density at radius 3 is 2.43 bits per heavy atom. The van der Waals surface area contributed by atoms with Crippen LogP contribution in [-0.2, 0) is 16.6 Å². The molecule has 0 aliphatic rings. The van der Waals surface area contributed by atoms with E-state index in [0.29, 0.717) is 22.3 Å². The number of hydrogen-bond donors (Lipinski definition) is 2. The summed E-state index contributed by atoms with van der Waals surface area (Å²) >= 11 is 0. The van der Waals surface area contributed by atoms with Crippen LogP contribution in [0, 0.1) is 17.1 Å². The standard InChI is InChI=1S/C21H15FN4O3S/c22-16-6-4-14(5-7-16)13-26(17-8-9-19-20(11-17)25-21(27)24-19)30(28,29)18-3-1-2-15(10-18)12-23/h1-11H,13H2,(H2,24,25,27). The zero-order valence-corrected chi connectivity index (χ0v) is 16.3. The third-order valence-electron chi connectivity index (χ3n) is 4.58. The molecule has 0 bridgehead atoms. The van der Waals surface area contributed by atoms with Crippen molar-refractivity contribution in [2.45, 2.75) is 11.4 Å². The molecule has 3 aromatic carbocycles. The van der Waals surface area contributed by atoms with Crippen LogP contribution in [0.3, 0.4) is 0 Å². The number of aromatic nitrogens is 2. The number of imidazole rings is 1. The minimum Gasteiger partial charge on any atom is -0.306 e. The molecule has 0 saturated heterocycles. The number of halogens is 1. The zero-order valence-electron chi connectivity index (χ0n) is 15.5. The molecule has 0 aliphatic heterocycles. The van der Waals surface area contributed by atoms with E-state index in [4.69, 9.17) is 5.26 Å². The summed E-state index contributed by atoms with van der Waals surface area (Å²) in [4.78, 5) is 16.7. The summed E-state index contributed by atoms with van der Waals surface area (Å²) in [5.41, 5.74) is 1.67. The summed E-state index contributed by atoms with van der Waals surface area (Å²) in [6, 6.07) is 17.9. The highest BCUT2D eigenvalue weighted by Gasteiger charge is 2.26. The van der Waals surface area contributed by atoms with Crippen LogP contribution >= 0.6 is 0 Å². The third kappa shape index (κ3) is 3.68. The first-order valence-electron chi connectivity index (χ1n) is 8.86. The zero-order chi connectivity index (χ0) is 21.3. The lowest BCUT2D eigenvalue weighted by Crippen LogP contribution is -2.30. The average Bonchev–Trinajstić information content (AvgIpc) is 3.12. The molecule has 4 aromatic rings. The maximum absolute atomic E-state index is 13.5. The van der Waals surface area contributed by atoms with Gasteiger partial charge < -0.3 is 9.97 Å². The number of H-pyrrole nitrogens is 2. The van der Waals surface area contributed by atoms with Gasteiger partial charge in [0.15, 0.2) is 0 Å². The van der Waals surface area contributed by atoms with Crippen molar-refractivity contribution >= 4 is 26.7 Å². The van der Waals surface area contributed by atoms with Crippen molar-refractivity contribution in [1.82, 2.24) is 9.97 Å². The number of anilines is 1. The van der Waals surface area contributed by atoms with E-state index < -0.39 is 21.5 Å². The number of benzene rings is 3. The molecule has 0 radical (unpaired) electrons. The van der Waals surface area contributed by atoms with Crippen molar-refractivity contribution < 1.29 is 12.8 Å². The first-order chi connectivity index (χ1) is 14.4. The Balaban J connectivity index is 1.86. The van der Waals surface area contributed by atoms with Crippen molar-refractivity contribution in [3.8, 4) is 6.07 Å². The minimum absolute atomic E-state index is 0.0497. The Labute approximate surface area is 171 Å². The molecule has 0 atom stereocenters. The van der Waals surface area contributed by atoms with Gasteiger partial charge in [-0.05, 0) is 54.1 Å². The first-order valence-corrected chi connectivity index (χ1v) is 10.3. The van der Waals surface area contributed by atoms with Gasteiger partial charge >= 0.3 is 5.69 Å². The van der Waals surface area contributed by atoms with E-state index >= 15 is 0 Å². The molecule has 2 N–H and O–H groups in total. The molecule has 30 heavy (non-hydrogen) atoms. The van der Waals surface area contributed by atoms with Gasteiger partial charge in [0.25, 0.3) is 10.0 Å². The number of aromatic amines is 2. The Bertz CT molecular complexity index is 1430. The lowest BCUT2D eigenvalue weighted by atomic mass is 10.2. The molecule has 0 amide bonds. The predicted octanol–water partition coefficient (Wildman–Crippen LogP) is 3.26. The van der Waals surface area contributed by atoms with E-state index in [1.165, 1.54) is 48.5 Å². The fourth-order valence-corrected chi connectivity index (χ4v) is 4.59. The maximum Gasteiger partial charge on any atom is 0.323 e. The average molecular weight is 422 g/mol. The van der Waals surface area contributed by atoms with Crippen LogP contribution in [0.5, 0.6) is 0 Å². The Hall–Kier alpha value is -3.90. The third-order valence-corrected chi connectivity index (χ3v) is 6.35. The molecule has 0 unspecified atom stereocenters. The topological polar surface area (TPSA) is 110 Å². The van der Waals surface area contributed by atoms with Crippen molar-refractivity contribution in [3.05, 3.63) is 94.2 Å². The van der Waals surface area contributed by atoms with Gasteiger partial charge in [0, 0.05) is 0 Å². The number of fused-ring (bicyclic) bond motifs is 1. The molecule has 1 heterocycles. The van der Waals surface area contributed by atoms with Crippen LogP contribution in [0.2, 0.25) is 0 Å². The molecule has 7 nitrogen and oxygen atoms in total. The van der Waals surface area contributed by atoms with E-state index in [2.05, 4.69) is 9.97 Å². The first kappa shape index (κ1) is 19.4. The van der Waals surface area contributed by atoms with Gasteiger partial charge in [0.1, 0.15) is 5.82 Å². The second-order valence-electron chi connectivity index (χ2n) is 6.59. The molecule has 0 spiro atoms. The van der Waals surface area contributed by atoms with Crippen LogP contribution in [0.15, 0.2) is 76.4 Å².